The maximum atomic E-state index is 12.3. The van der Waals surface area contributed by atoms with Gasteiger partial charge in [-0.25, -0.2) is 9.67 Å². The van der Waals surface area contributed by atoms with Crippen LogP contribution in [0.4, 0.5) is 0 Å². The SMILES string of the molecule is CC(NC(=O)C(C)n1cncn1)c1ccc2c(c1)OCCO2. The van der Waals surface area contributed by atoms with Gasteiger partial charge in [0.2, 0.25) is 5.91 Å². The zero-order chi connectivity index (χ0) is 15.5. The average Bonchev–Trinajstić information content (AvgIpc) is 3.08. The summed E-state index contributed by atoms with van der Waals surface area (Å²) >= 11 is 0. The van der Waals surface area contributed by atoms with Crippen LogP contribution in [-0.4, -0.2) is 33.9 Å². The molecule has 0 fully saturated rings. The second-order valence-electron chi connectivity index (χ2n) is 5.18. The van der Waals surface area contributed by atoms with Gasteiger partial charge < -0.3 is 14.8 Å². The Bertz CT molecular complexity index is 657. The molecule has 0 saturated heterocycles. The highest BCUT2D eigenvalue weighted by Crippen LogP contribution is 2.32. The van der Waals surface area contributed by atoms with Crippen molar-refractivity contribution in [1.82, 2.24) is 20.1 Å². The van der Waals surface area contributed by atoms with E-state index in [9.17, 15) is 4.79 Å². The number of hydrogen-bond acceptors (Lipinski definition) is 5. The van der Waals surface area contributed by atoms with Crippen molar-refractivity contribution < 1.29 is 14.3 Å². The molecule has 1 aliphatic rings. The highest BCUT2D eigenvalue weighted by atomic mass is 16.6. The summed E-state index contributed by atoms with van der Waals surface area (Å²) in [7, 11) is 0. The number of rotatable bonds is 4. The molecule has 0 spiro atoms. The molecule has 116 valence electrons. The largest absolute Gasteiger partial charge is 0.486 e. The van der Waals surface area contributed by atoms with Crippen molar-refractivity contribution in [2.45, 2.75) is 25.9 Å². The second kappa shape index (κ2) is 6.05. The number of benzene rings is 1. The van der Waals surface area contributed by atoms with Gasteiger partial charge in [0.05, 0.1) is 6.04 Å². The van der Waals surface area contributed by atoms with E-state index >= 15 is 0 Å². The standard InChI is InChI=1S/C15H18N4O3/c1-10(18-15(20)11(2)19-9-16-8-17-19)12-3-4-13-14(7-12)22-6-5-21-13/h3-4,7-11H,5-6H2,1-2H3,(H,18,20). The summed E-state index contributed by atoms with van der Waals surface area (Å²) in [4.78, 5) is 16.1. The van der Waals surface area contributed by atoms with E-state index in [0.29, 0.717) is 19.0 Å². The fourth-order valence-corrected chi connectivity index (χ4v) is 2.28. The summed E-state index contributed by atoms with van der Waals surface area (Å²) in [6, 6.07) is 5.14. The minimum absolute atomic E-state index is 0.118. The Kier molecular flexibility index (Phi) is 3.95. The summed E-state index contributed by atoms with van der Waals surface area (Å²) in [5.74, 6) is 1.34. The van der Waals surface area contributed by atoms with Crippen molar-refractivity contribution in [1.29, 1.82) is 0 Å². The highest BCUT2D eigenvalue weighted by Gasteiger charge is 2.20. The van der Waals surface area contributed by atoms with Crippen LogP contribution in [0.15, 0.2) is 30.9 Å². The lowest BCUT2D eigenvalue weighted by atomic mass is 10.1. The van der Waals surface area contributed by atoms with Crippen LogP contribution in [0.2, 0.25) is 0 Å². The van der Waals surface area contributed by atoms with Gasteiger partial charge in [0.1, 0.15) is 31.9 Å². The first-order valence-corrected chi connectivity index (χ1v) is 7.19. The van der Waals surface area contributed by atoms with Gasteiger partial charge in [0.15, 0.2) is 11.5 Å². The van der Waals surface area contributed by atoms with Gasteiger partial charge >= 0.3 is 0 Å². The van der Waals surface area contributed by atoms with E-state index in [4.69, 9.17) is 9.47 Å². The highest BCUT2D eigenvalue weighted by molar-refractivity contribution is 5.80. The number of carbonyl (C=O) groups is 1. The van der Waals surface area contributed by atoms with Crippen LogP contribution in [0, 0.1) is 0 Å². The minimum Gasteiger partial charge on any atom is -0.486 e. The summed E-state index contributed by atoms with van der Waals surface area (Å²) in [5, 5.41) is 6.95. The number of amides is 1. The molecule has 0 saturated carbocycles. The number of aromatic nitrogens is 3. The quantitative estimate of drug-likeness (QED) is 0.925. The van der Waals surface area contributed by atoms with E-state index < -0.39 is 6.04 Å². The molecule has 0 radical (unpaired) electrons. The third-order valence-electron chi connectivity index (χ3n) is 3.64. The fourth-order valence-electron chi connectivity index (χ4n) is 2.28. The van der Waals surface area contributed by atoms with Crippen molar-refractivity contribution in [3.63, 3.8) is 0 Å². The van der Waals surface area contributed by atoms with Gasteiger partial charge in [-0.2, -0.15) is 5.10 Å². The molecule has 1 aromatic carbocycles. The lowest BCUT2D eigenvalue weighted by Gasteiger charge is -2.22. The number of nitrogens with one attached hydrogen (secondary N) is 1. The molecule has 7 nitrogen and oxygen atoms in total. The molecule has 1 aromatic heterocycles. The molecular weight excluding hydrogens is 284 g/mol. The molecule has 1 N–H and O–H groups in total. The number of nitrogens with zero attached hydrogens (tertiary/aromatic N) is 3. The third kappa shape index (κ3) is 2.88. The Balaban J connectivity index is 1.69. The Morgan fingerprint density at radius 2 is 2.05 bits per heavy atom. The van der Waals surface area contributed by atoms with Gasteiger partial charge in [-0.05, 0) is 31.5 Å². The maximum absolute atomic E-state index is 12.3. The van der Waals surface area contributed by atoms with E-state index in [2.05, 4.69) is 15.4 Å². The second-order valence-corrected chi connectivity index (χ2v) is 5.18. The Labute approximate surface area is 128 Å². The summed E-state index contributed by atoms with van der Waals surface area (Å²) in [5.41, 5.74) is 0.961. The zero-order valence-electron chi connectivity index (χ0n) is 12.5. The number of ether oxygens (including phenoxy) is 2. The van der Waals surface area contributed by atoms with Gasteiger partial charge in [-0.3, -0.25) is 4.79 Å². The topological polar surface area (TPSA) is 78.3 Å². The van der Waals surface area contributed by atoms with Crippen molar-refractivity contribution in [2.24, 2.45) is 0 Å². The number of carbonyl (C=O) groups excluding carboxylic acids is 1. The Morgan fingerprint density at radius 1 is 1.27 bits per heavy atom. The van der Waals surface area contributed by atoms with Crippen molar-refractivity contribution in [3.05, 3.63) is 36.4 Å². The molecule has 2 aromatic rings. The molecule has 2 heterocycles. The summed E-state index contributed by atoms with van der Waals surface area (Å²) < 4.78 is 12.6. The van der Waals surface area contributed by atoms with Crippen LogP contribution in [0.1, 0.15) is 31.5 Å². The van der Waals surface area contributed by atoms with Crippen LogP contribution in [0.5, 0.6) is 11.5 Å². The molecule has 2 unspecified atom stereocenters. The Hall–Kier alpha value is -2.57. The maximum Gasteiger partial charge on any atom is 0.245 e. The molecule has 7 heteroatoms. The molecular formula is C15H18N4O3. The van der Waals surface area contributed by atoms with Crippen LogP contribution >= 0.6 is 0 Å². The lowest BCUT2D eigenvalue weighted by Crippen LogP contribution is -2.33. The molecule has 22 heavy (non-hydrogen) atoms. The molecule has 3 rings (SSSR count). The van der Waals surface area contributed by atoms with Crippen molar-refractivity contribution >= 4 is 5.91 Å². The summed E-state index contributed by atoms with van der Waals surface area (Å²) in [6.07, 6.45) is 2.94. The monoisotopic (exact) mass is 302 g/mol. The number of hydrogen-bond donors (Lipinski definition) is 1. The first kappa shape index (κ1) is 14.4. The predicted octanol–water partition coefficient (Wildman–Crippen LogP) is 1.49. The normalized spacial score (nSPS) is 15.9. The van der Waals surface area contributed by atoms with E-state index in [1.807, 2.05) is 25.1 Å². The van der Waals surface area contributed by atoms with E-state index in [0.717, 1.165) is 11.3 Å². The van der Waals surface area contributed by atoms with Crippen LogP contribution < -0.4 is 14.8 Å². The molecule has 1 aliphatic heterocycles. The minimum atomic E-state index is -0.415. The first-order valence-electron chi connectivity index (χ1n) is 7.19. The average molecular weight is 302 g/mol. The van der Waals surface area contributed by atoms with E-state index in [1.54, 1.807) is 6.92 Å². The van der Waals surface area contributed by atoms with Gasteiger partial charge in [0, 0.05) is 0 Å². The molecule has 0 aliphatic carbocycles. The van der Waals surface area contributed by atoms with Gasteiger partial charge in [-0.1, -0.05) is 6.07 Å². The summed E-state index contributed by atoms with van der Waals surface area (Å²) in [6.45, 7) is 4.81. The Morgan fingerprint density at radius 3 is 2.77 bits per heavy atom. The third-order valence-corrected chi connectivity index (χ3v) is 3.64. The first-order chi connectivity index (χ1) is 10.6. The zero-order valence-corrected chi connectivity index (χ0v) is 12.5. The predicted molar refractivity (Wildman–Crippen MR) is 78.7 cm³/mol. The van der Waals surface area contributed by atoms with Crippen LogP contribution in [-0.2, 0) is 4.79 Å². The number of fused-ring (bicyclic) bond motifs is 1. The lowest BCUT2D eigenvalue weighted by molar-refractivity contribution is -0.124. The van der Waals surface area contributed by atoms with Gasteiger partial charge in [0.25, 0.3) is 0 Å². The fraction of sp³-hybridized carbons (Fsp3) is 0.400. The van der Waals surface area contributed by atoms with E-state index in [-0.39, 0.29) is 11.9 Å². The van der Waals surface area contributed by atoms with Crippen molar-refractivity contribution in [3.8, 4) is 11.5 Å². The molecule has 2 atom stereocenters. The molecule has 1 amide bonds. The van der Waals surface area contributed by atoms with Crippen LogP contribution in [0.25, 0.3) is 0 Å². The van der Waals surface area contributed by atoms with Gasteiger partial charge in [-0.15, -0.1) is 0 Å². The molecule has 0 bridgehead atoms. The smallest absolute Gasteiger partial charge is 0.245 e. The van der Waals surface area contributed by atoms with Crippen LogP contribution in [0.3, 0.4) is 0 Å². The van der Waals surface area contributed by atoms with E-state index in [1.165, 1.54) is 17.3 Å². The van der Waals surface area contributed by atoms with Crippen molar-refractivity contribution in [2.75, 3.05) is 13.2 Å².